The van der Waals surface area contributed by atoms with Crippen molar-refractivity contribution in [2.45, 2.75) is 26.2 Å². The molecular formula is C25H27N5O5. The van der Waals surface area contributed by atoms with Gasteiger partial charge in [0.15, 0.2) is 11.5 Å². The van der Waals surface area contributed by atoms with Gasteiger partial charge in [-0.25, -0.2) is 0 Å². The van der Waals surface area contributed by atoms with Crippen LogP contribution in [0.4, 0.5) is 5.69 Å². The van der Waals surface area contributed by atoms with Gasteiger partial charge in [0, 0.05) is 42.7 Å². The van der Waals surface area contributed by atoms with E-state index in [9.17, 15) is 9.59 Å². The molecule has 0 aliphatic carbocycles. The van der Waals surface area contributed by atoms with Gasteiger partial charge < -0.3 is 19.5 Å². The number of methoxy groups -OCH3 is 2. The molecule has 2 heterocycles. The fraction of sp³-hybridized carbons (Fsp3) is 0.280. The van der Waals surface area contributed by atoms with Gasteiger partial charge in [-0.1, -0.05) is 0 Å². The summed E-state index contributed by atoms with van der Waals surface area (Å²) >= 11 is 0. The van der Waals surface area contributed by atoms with Gasteiger partial charge in [-0.15, -0.1) is 10.2 Å². The number of fused-ring (bicyclic) bond motifs is 1. The molecule has 0 aliphatic rings. The number of amides is 1. The first-order chi connectivity index (χ1) is 17.0. The summed E-state index contributed by atoms with van der Waals surface area (Å²) in [6.45, 7) is 2.49. The molecule has 0 unspecified atom stereocenters. The molecule has 10 heteroatoms. The van der Waals surface area contributed by atoms with Crippen LogP contribution in [0.1, 0.15) is 25.6 Å². The second kappa shape index (κ2) is 10.7. The Morgan fingerprint density at radius 1 is 1.00 bits per heavy atom. The van der Waals surface area contributed by atoms with Gasteiger partial charge in [-0.2, -0.15) is 0 Å². The van der Waals surface area contributed by atoms with Gasteiger partial charge in [-0.3, -0.25) is 18.6 Å². The molecule has 4 aromatic rings. The molecule has 0 saturated heterocycles. The van der Waals surface area contributed by atoms with Crippen molar-refractivity contribution in [1.29, 1.82) is 0 Å². The maximum absolute atomic E-state index is 13.0. The zero-order valence-electron chi connectivity index (χ0n) is 19.9. The lowest BCUT2D eigenvalue weighted by molar-refractivity contribution is -0.116. The van der Waals surface area contributed by atoms with E-state index in [1.165, 1.54) is 4.57 Å². The Hall–Kier alpha value is -4.34. The molecule has 0 bridgehead atoms. The van der Waals surface area contributed by atoms with Gasteiger partial charge in [0.05, 0.1) is 20.8 Å². The third kappa shape index (κ3) is 5.26. The van der Waals surface area contributed by atoms with Crippen LogP contribution in [0.5, 0.6) is 17.2 Å². The smallest absolute Gasteiger partial charge is 0.300 e. The van der Waals surface area contributed by atoms with Gasteiger partial charge in [0.1, 0.15) is 11.6 Å². The highest BCUT2D eigenvalue weighted by atomic mass is 16.5. The summed E-state index contributed by atoms with van der Waals surface area (Å²) in [4.78, 5) is 25.4. The average molecular weight is 478 g/mol. The normalized spacial score (nSPS) is 10.8. The largest absolute Gasteiger partial charge is 0.494 e. The standard InChI is InChI=1S/C25H27N5O5/c1-4-35-19-11-9-18(10-12-19)29-14-15-30-22(27-28-24(30)25(29)32)6-5-7-23(31)26-17-8-13-20(33-2)21(16-17)34-3/h8-16H,4-7H2,1-3H3,(H,26,31). The van der Waals surface area contributed by atoms with Crippen molar-refractivity contribution in [2.75, 3.05) is 26.1 Å². The molecule has 0 fully saturated rings. The molecule has 0 atom stereocenters. The predicted molar refractivity (Wildman–Crippen MR) is 131 cm³/mol. The van der Waals surface area contributed by atoms with Crippen LogP contribution in [0.2, 0.25) is 0 Å². The van der Waals surface area contributed by atoms with E-state index in [0.717, 1.165) is 5.75 Å². The number of carbonyl (C=O) groups excluding carboxylic acids is 1. The van der Waals surface area contributed by atoms with Crippen LogP contribution in [0.15, 0.2) is 59.7 Å². The number of benzene rings is 2. The van der Waals surface area contributed by atoms with Crippen molar-refractivity contribution in [3.05, 3.63) is 71.0 Å². The van der Waals surface area contributed by atoms with E-state index in [1.807, 2.05) is 31.2 Å². The molecule has 0 radical (unpaired) electrons. The number of aromatic nitrogens is 4. The van der Waals surface area contributed by atoms with Crippen LogP contribution >= 0.6 is 0 Å². The maximum Gasteiger partial charge on any atom is 0.300 e. The highest BCUT2D eigenvalue weighted by Gasteiger charge is 2.13. The number of carbonyl (C=O) groups is 1. The molecule has 35 heavy (non-hydrogen) atoms. The van der Waals surface area contributed by atoms with Crippen molar-refractivity contribution in [3.8, 4) is 22.9 Å². The molecule has 0 saturated carbocycles. The second-order valence-corrected chi connectivity index (χ2v) is 7.68. The minimum Gasteiger partial charge on any atom is -0.494 e. The summed E-state index contributed by atoms with van der Waals surface area (Å²) in [7, 11) is 3.10. The molecule has 4 rings (SSSR count). The molecular weight excluding hydrogens is 450 g/mol. The van der Waals surface area contributed by atoms with Crippen LogP contribution in [-0.2, 0) is 11.2 Å². The third-order valence-corrected chi connectivity index (χ3v) is 5.44. The van der Waals surface area contributed by atoms with E-state index in [0.29, 0.717) is 48.1 Å². The lowest BCUT2D eigenvalue weighted by atomic mass is 10.2. The van der Waals surface area contributed by atoms with E-state index in [2.05, 4.69) is 15.5 Å². The topological polar surface area (TPSA) is 109 Å². The third-order valence-electron chi connectivity index (χ3n) is 5.44. The highest BCUT2D eigenvalue weighted by Crippen LogP contribution is 2.29. The number of hydrogen-bond donors (Lipinski definition) is 1. The lowest BCUT2D eigenvalue weighted by Crippen LogP contribution is -2.20. The van der Waals surface area contributed by atoms with E-state index in [-0.39, 0.29) is 23.5 Å². The van der Waals surface area contributed by atoms with Crippen LogP contribution in [0, 0.1) is 0 Å². The van der Waals surface area contributed by atoms with E-state index >= 15 is 0 Å². The highest BCUT2D eigenvalue weighted by molar-refractivity contribution is 5.91. The first-order valence-corrected chi connectivity index (χ1v) is 11.2. The Morgan fingerprint density at radius 3 is 2.49 bits per heavy atom. The molecule has 1 amide bonds. The van der Waals surface area contributed by atoms with Crippen LogP contribution in [0.3, 0.4) is 0 Å². The van der Waals surface area contributed by atoms with Gasteiger partial charge >= 0.3 is 5.56 Å². The Bertz CT molecular complexity index is 1380. The van der Waals surface area contributed by atoms with Crippen molar-refractivity contribution in [1.82, 2.24) is 19.2 Å². The minimum absolute atomic E-state index is 0.135. The zero-order valence-corrected chi connectivity index (χ0v) is 19.9. The minimum atomic E-state index is -0.276. The number of ether oxygens (including phenoxy) is 3. The summed E-state index contributed by atoms with van der Waals surface area (Å²) in [6.07, 6.45) is 4.76. The number of nitrogens with zero attached hydrogens (tertiary/aromatic N) is 4. The van der Waals surface area contributed by atoms with Crippen LogP contribution in [-0.4, -0.2) is 45.9 Å². The zero-order chi connectivity index (χ0) is 24.8. The summed E-state index contributed by atoms with van der Waals surface area (Å²) in [6, 6.07) is 12.5. The molecule has 2 aromatic heterocycles. The molecule has 182 valence electrons. The van der Waals surface area contributed by atoms with Gasteiger partial charge in [-0.05, 0) is 49.7 Å². The van der Waals surface area contributed by atoms with Crippen molar-refractivity contribution in [3.63, 3.8) is 0 Å². The average Bonchev–Trinajstić information content (AvgIpc) is 3.29. The monoisotopic (exact) mass is 477 g/mol. The fourth-order valence-corrected chi connectivity index (χ4v) is 3.72. The first kappa shape index (κ1) is 23.8. The maximum atomic E-state index is 13.0. The van der Waals surface area contributed by atoms with Crippen LogP contribution in [0.25, 0.3) is 11.3 Å². The molecule has 1 N–H and O–H groups in total. The Labute approximate surface area is 202 Å². The quantitative estimate of drug-likeness (QED) is 0.373. The number of aryl methyl sites for hydroxylation is 1. The lowest BCUT2D eigenvalue weighted by Gasteiger charge is -2.10. The van der Waals surface area contributed by atoms with Gasteiger partial charge in [0.2, 0.25) is 11.6 Å². The van der Waals surface area contributed by atoms with E-state index in [1.54, 1.807) is 49.2 Å². The molecule has 2 aromatic carbocycles. The summed E-state index contributed by atoms with van der Waals surface area (Å²) in [5, 5.41) is 11.1. The van der Waals surface area contributed by atoms with E-state index < -0.39 is 0 Å². The molecule has 0 spiro atoms. The number of nitrogens with one attached hydrogen (secondary N) is 1. The van der Waals surface area contributed by atoms with Crippen molar-refractivity contribution >= 4 is 17.2 Å². The molecule has 0 aliphatic heterocycles. The Balaban J connectivity index is 1.40. The fourth-order valence-electron chi connectivity index (χ4n) is 3.72. The number of rotatable bonds is 10. The SMILES string of the molecule is CCOc1ccc(-n2ccn3c(CCCC(=O)Nc4ccc(OC)c(OC)c4)nnc3c2=O)cc1. The van der Waals surface area contributed by atoms with E-state index in [4.69, 9.17) is 14.2 Å². The summed E-state index contributed by atoms with van der Waals surface area (Å²) < 4.78 is 19.1. The summed E-state index contributed by atoms with van der Waals surface area (Å²) in [5.41, 5.74) is 1.28. The van der Waals surface area contributed by atoms with Crippen molar-refractivity contribution in [2.24, 2.45) is 0 Å². The summed E-state index contributed by atoms with van der Waals surface area (Å²) in [5.74, 6) is 2.35. The Morgan fingerprint density at radius 2 is 1.77 bits per heavy atom. The van der Waals surface area contributed by atoms with Gasteiger partial charge in [0.25, 0.3) is 0 Å². The second-order valence-electron chi connectivity index (χ2n) is 7.68. The number of hydrogen-bond acceptors (Lipinski definition) is 7. The Kier molecular flexibility index (Phi) is 7.30. The van der Waals surface area contributed by atoms with Crippen molar-refractivity contribution < 1.29 is 19.0 Å². The predicted octanol–water partition coefficient (Wildman–Crippen LogP) is 3.26. The first-order valence-electron chi connectivity index (χ1n) is 11.2. The van der Waals surface area contributed by atoms with Crippen LogP contribution < -0.4 is 25.1 Å². The number of anilines is 1. The molecule has 10 nitrogen and oxygen atoms in total.